The van der Waals surface area contributed by atoms with E-state index in [1.165, 1.54) is 12.1 Å². The van der Waals surface area contributed by atoms with Gasteiger partial charge in [0.2, 0.25) is 5.88 Å². The van der Waals surface area contributed by atoms with Crippen molar-refractivity contribution in [3.05, 3.63) is 102 Å². The number of ether oxygens (including phenoxy) is 2. The molecule has 1 aromatic heterocycles. The zero-order chi connectivity index (χ0) is 25.5. The second-order valence-corrected chi connectivity index (χ2v) is 8.35. The Kier molecular flexibility index (Phi) is 8.00. The lowest BCUT2D eigenvalue weighted by Crippen LogP contribution is -2.31. The van der Waals surface area contributed by atoms with Gasteiger partial charge < -0.3 is 14.4 Å². The molecule has 7 heteroatoms. The van der Waals surface area contributed by atoms with Gasteiger partial charge in [-0.2, -0.15) is 5.10 Å². The average Bonchev–Trinajstić information content (AvgIpc) is 3.25. The highest BCUT2D eigenvalue weighted by molar-refractivity contribution is 5.94. The zero-order valence-corrected chi connectivity index (χ0v) is 20.8. The van der Waals surface area contributed by atoms with Gasteiger partial charge in [0, 0.05) is 12.1 Å². The van der Waals surface area contributed by atoms with E-state index in [1.54, 1.807) is 41.0 Å². The Labute approximate surface area is 210 Å². The summed E-state index contributed by atoms with van der Waals surface area (Å²) >= 11 is 0. The summed E-state index contributed by atoms with van der Waals surface area (Å²) in [5.74, 6) is 1.35. The Morgan fingerprint density at radius 2 is 1.69 bits per heavy atom. The second kappa shape index (κ2) is 11.5. The smallest absolute Gasteiger partial charge is 0.254 e. The lowest BCUT2D eigenvalue weighted by atomic mass is 10.1. The maximum atomic E-state index is 13.6. The third-order valence-corrected chi connectivity index (χ3v) is 5.83. The fourth-order valence-electron chi connectivity index (χ4n) is 4.03. The molecule has 4 rings (SSSR count). The highest BCUT2D eigenvalue weighted by Gasteiger charge is 2.25. The first-order valence-corrected chi connectivity index (χ1v) is 12.1. The summed E-state index contributed by atoms with van der Waals surface area (Å²) in [4.78, 5) is 15.4. The largest absolute Gasteiger partial charge is 0.497 e. The molecule has 36 heavy (non-hydrogen) atoms. The second-order valence-electron chi connectivity index (χ2n) is 8.35. The van der Waals surface area contributed by atoms with Crippen LogP contribution in [-0.4, -0.2) is 34.2 Å². The molecule has 0 bridgehead atoms. The van der Waals surface area contributed by atoms with E-state index in [2.05, 4.69) is 0 Å². The number of aromatic nitrogens is 2. The van der Waals surface area contributed by atoms with Crippen LogP contribution in [0.2, 0.25) is 0 Å². The van der Waals surface area contributed by atoms with Gasteiger partial charge in [-0.05, 0) is 67.4 Å². The molecule has 0 saturated heterocycles. The Morgan fingerprint density at radius 1 is 0.972 bits per heavy atom. The summed E-state index contributed by atoms with van der Waals surface area (Å²) in [6.45, 7) is 4.93. The maximum absolute atomic E-state index is 13.6. The van der Waals surface area contributed by atoms with Crippen LogP contribution in [0.4, 0.5) is 4.39 Å². The fourth-order valence-corrected chi connectivity index (χ4v) is 4.03. The first kappa shape index (κ1) is 25.0. The molecule has 0 radical (unpaired) electrons. The number of carbonyl (C=O) groups is 1. The van der Waals surface area contributed by atoms with E-state index in [4.69, 9.17) is 14.6 Å². The minimum absolute atomic E-state index is 0.0991. The first-order chi connectivity index (χ1) is 17.5. The topological polar surface area (TPSA) is 56.6 Å². The van der Waals surface area contributed by atoms with Crippen LogP contribution < -0.4 is 9.47 Å². The van der Waals surface area contributed by atoms with Crippen molar-refractivity contribution in [3.63, 3.8) is 0 Å². The molecule has 0 saturated carbocycles. The third kappa shape index (κ3) is 5.57. The van der Waals surface area contributed by atoms with Crippen molar-refractivity contribution in [2.75, 3.05) is 13.7 Å². The molecule has 1 heterocycles. The SMILES string of the molecule is CCCN(Cc1c(CC)nn(-c2ccc(F)cc2)c1Oc1ccccc1)C(=O)c1cccc(OC)c1. The van der Waals surface area contributed by atoms with Crippen molar-refractivity contribution in [1.29, 1.82) is 0 Å². The molecule has 1 amide bonds. The summed E-state index contributed by atoms with van der Waals surface area (Å²) in [5.41, 5.74) is 2.85. The number of amides is 1. The van der Waals surface area contributed by atoms with Crippen molar-refractivity contribution in [2.45, 2.75) is 33.2 Å². The molecule has 186 valence electrons. The predicted molar refractivity (Wildman–Crippen MR) is 137 cm³/mol. The number of rotatable bonds is 10. The van der Waals surface area contributed by atoms with E-state index in [9.17, 15) is 9.18 Å². The van der Waals surface area contributed by atoms with Gasteiger partial charge in [0.15, 0.2) is 0 Å². The summed E-state index contributed by atoms with van der Waals surface area (Å²) in [7, 11) is 1.58. The summed E-state index contributed by atoms with van der Waals surface area (Å²) < 4.78 is 27.0. The molecule has 0 spiro atoms. The molecule has 4 aromatic rings. The standard InChI is InChI=1S/C29H30FN3O3/c1-4-18-32(28(34)21-10-9-13-25(19-21)35-3)20-26-27(5-2)31-33(23-16-14-22(30)15-17-23)29(26)36-24-11-7-6-8-12-24/h6-17,19H,4-5,18,20H2,1-3H3. The van der Waals surface area contributed by atoms with Crippen LogP contribution in [-0.2, 0) is 13.0 Å². The third-order valence-electron chi connectivity index (χ3n) is 5.83. The van der Waals surface area contributed by atoms with Crippen LogP contribution in [0.25, 0.3) is 5.69 Å². The minimum atomic E-state index is -0.328. The van der Waals surface area contributed by atoms with Crippen LogP contribution in [0.15, 0.2) is 78.9 Å². The molecular formula is C29H30FN3O3. The van der Waals surface area contributed by atoms with Crippen molar-refractivity contribution < 1.29 is 18.7 Å². The lowest BCUT2D eigenvalue weighted by Gasteiger charge is -2.23. The van der Waals surface area contributed by atoms with Gasteiger partial charge in [-0.25, -0.2) is 9.07 Å². The van der Waals surface area contributed by atoms with Crippen LogP contribution in [0, 0.1) is 5.82 Å². The number of para-hydroxylation sites is 1. The fraction of sp³-hybridized carbons (Fsp3) is 0.241. The minimum Gasteiger partial charge on any atom is -0.497 e. The Bertz CT molecular complexity index is 1300. The first-order valence-electron chi connectivity index (χ1n) is 12.1. The summed E-state index contributed by atoms with van der Waals surface area (Å²) in [6.07, 6.45) is 1.43. The molecule has 6 nitrogen and oxygen atoms in total. The van der Waals surface area contributed by atoms with E-state index in [0.29, 0.717) is 48.1 Å². The number of hydrogen-bond donors (Lipinski definition) is 0. The van der Waals surface area contributed by atoms with Crippen molar-refractivity contribution >= 4 is 5.91 Å². The van der Waals surface area contributed by atoms with E-state index >= 15 is 0 Å². The van der Waals surface area contributed by atoms with Crippen LogP contribution in [0.5, 0.6) is 17.4 Å². The molecule has 3 aromatic carbocycles. The highest BCUT2D eigenvalue weighted by Crippen LogP contribution is 2.32. The van der Waals surface area contributed by atoms with Gasteiger partial charge in [0.1, 0.15) is 17.3 Å². The van der Waals surface area contributed by atoms with E-state index in [1.807, 2.05) is 56.3 Å². The molecule has 0 atom stereocenters. The number of nitrogens with zero attached hydrogens (tertiary/aromatic N) is 3. The summed E-state index contributed by atoms with van der Waals surface area (Å²) in [6, 6.07) is 22.7. The Balaban J connectivity index is 1.78. The van der Waals surface area contributed by atoms with Crippen molar-refractivity contribution in [2.24, 2.45) is 0 Å². The van der Waals surface area contributed by atoms with Gasteiger partial charge in [-0.3, -0.25) is 4.79 Å². The number of methoxy groups -OCH3 is 1. The molecule has 0 unspecified atom stereocenters. The number of aryl methyl sites for hydroxylation is 1. The monoisotopic (exact) mass is 487 g/mol. The van der Waals surface area contributed by atoms with Gasteiger partial charge in [0.25, 0.3) is 5.91 Å². The van der Waals surface area contributed by atoms with E-state index in [0.717, 1.165) is 17.7 Å². The van der Waals surface area contributed by atoms with E-state index in [-0.39, 0.29) is 11.7 Å². The van der Waals surface area contributed by atoms with Crippen molar-refractivity contribution in [3.8, 4) is 23.1 Å². The summed E-state index contributed by atoms with van der Waals surface area (Å²) in [5, 5.41) is 4.81. The van der Waals surface area contributed by atoms with Crippen molar-refractivity contribution in [1.82, 2.24) is 14.7 Å². The molecule has 0 N–H and O–H groups in total. The number of halogens is 1. The van der Waals surface area contributed by atoms with Gasteiger partial charge >= 0.3 is 0 Å². The number of hydrogen-bond acceptors (Lipinski definition) is 4. The molecule has 0 aliphatic rings. The maximum Gasteiger partial charge on any atom is 0.254 e. The lowest BCUT2D eigenvalue weighted by molar-refractivity contribution is 0.0741. The quantitative estimate of drug-likeness (QED) is 0.259. The molecular weight excluding hydrogens is 457 g/mol. The van der Waals surface area contributed by atoms with Crippen LogP contribution in [0.1, 0.15) is 41.9 Å². The highest BCUT2D eigenvalue weighted by atomic mass is 19.1. The normalized spacial score (nSPS) is 10.8. The Hall–Kier alpha value is -4.13. The Morgan fingerprint density at radius 3 is 2.36 bits per heavy atom. The number of carbonyl (C=O) groups excluding carboxylic acids is 1. The predicted octanol–water partition coefficient (Wildman–Crippen LogP) is 6.43. The average molecular weight is 488 g/mol. The van der Waals surface area contributed by atoms with E-state index < -0.39 is 0 Å². The zero-order valence-electron chi connectivity index (χ0n) is 20.8. The van der Waals surface area contributed by atoms with Crippen LogP contribution >= 0.6 is 0 Å². The molecule has 0 aliphatic carbocycles. The van der Waals surface area contributed by atoms with Gasteiger partial charge in [0.05, 0.1) is 30.6 Å². The molecule has 0 fully saturated rings. The van der Waals surface area contributed by atoms with Gasteiger partial charge in [-0.1, -0.05) is 38.1 Å². The molecule has 0 aliphatic heterocycles. The van der Waals surface area contributed by atoms with Crippen LogP contribution in [0.3, 0.4) is 0 Å². The van der Waals surface area contributed by atoms with Gasteiger partial charge in [-0.15, -0.1) is 0 Å². The number of benzene rings is 3.